The number of hydrogen-bond donors (Lipinski definition) is 0. The van der Waals surface area contributed by atoms with E-state index in [1.807, 2.05) is 36.4 Å². The second kappa shape index (κ2) is 6.15. The van der Waals surface area contributed by atoms with Gasteiger partial charge >= 0.3 is 0 Å². The van der Waals surface area contributed by atoms with Crippen molar-refractivity contribution in [3.63, 3.8) is 0 Å². The van der Waals surface area contributed by atoms with Crippen molar-refractivity contribution in [1.82, 2.24) is 9.97 Å². The number of allylic oxidation sites excluding steroid dienone is 8. The van der Waals surface area contributed by atoms with E-state index in [0.29, 0.717) is 11.8 Å². The largest absolute Gasteiger partial charge is 0.436 e. The van der Waals surface area contributed by atoms with Gasteiger partial charge in [-0.25, -0.2) is 9.97 Å². The molecular weight excluding hydrogens is 324 g/mol. The first kappa shape index (κ1) is 14.9. The molecule has 2 aromatic heterocycles. The van der Waals surface area contributed by atoms with Gasteiger partial charge in [0.15, 0.2) is 11.5 Å². The quantitative estimate of drug-likeness (QED) is 0.613. The number of rotatable bonds is 4. The SMILES string of the molecule is C1=CCC(c2cnc(-c3cccc(-c4ncc(C5=CC=CC5)o4)c3)o2)=C1. The Hall–Kier alpha value is -3.40. The first-order valence-electron chi connectivity index (χ1n) is 8.61. The van der Waals surface area contributed by atoms with Gasteiger partial charge in [-0.05, 0) is 31.0 Å². The summed E-state index contributed by atoms with van der Waals surface area (Å²) >= 11 is 0. The molecule has 26 heavy (non-hydrogen) atoms. The Balaban J connectivity index is 1.44. The lowest BCUT2D eigenvalue weighted by molar-refractivity contribution is 0.557. The average molecular weight is 340 g/mol. The third kappa shape index (κ3) is 2.65. The van der Waals surface area contributed by atoms with Crippen LogP contribution in [-0.2, 0) is 0 Å². The molecule has 1 aromatic carbocycles. The number of nitrogens with zero attached hydrogens (tertiary/aromatic N) is 2. The van der Waals surface area contributed by atoms with Crippen molar-refractivity contribution in [3.05, 3.63) is 84.6 Å². The first-order chi connectivity index (χ1) is 12.9. The van der Waals surface area contributed by atoms with Gasteiger partial charge in [-0.2, -0.15) is 0 Å². The van der Waals surface area contributed by atoms with Gasteiger partial charge in [0.1, 0.15) is 0 Å². The zero-order chi connectivity index (χ0) is 17.3. The molecule has 2 aliphatic rings. The van der Waals surface area contributed by atoms with E-state index in [9.17, 15) is 0 Å². The molecule has 5 rings (SSSR count). The van der Waals surface area contributed by atoms with Crippen molar-refractivity contribution in [1.29, 1.82) is 0 Å². The minimum absolute atomic E-state index is 0.601. The number of hydrogen-bond acceptors (Lipinski definition) is 4. The molecule has 0 bridgehead atoms. The zero-order valence-electron chi connectivity index (χ0n) is 14.1. The van der Waals surface area contributed by atoms with Gasteiger partial charge in [0, 0.05) is 22.3 Å². The summed E-state index contributed by atoms with van der Waals surface area (Å²) in [6, 6.07) is 7.92. The Kier molecular flexibility index (Phi) is 3.53. The van der Waals surface area contributed by atoms with Crippen molar-refractivity contribution in [2.24, 2.45) is 0 Å². The van der Waals surface area contributed by atoms with Crippen LogP contribution >= 0.6 is 0 Å². The van der Waals surface area contributed by atoms with E-state index in [1.165, 1.54) is 0 Å². The number of aromatic nitrogens is 2. The van der Waals surface area contributed by atoms with Gasteiger partial charge in [0.2, 0.25) is 11.8 Å². The molecule has 3 aromatic rings. The third-order valence-electron chi connectivity index (χ3n) is 4.54. The normalized spacial score (nSPS) is 15.5. The highest BCUT2D eigenvalue weighted by molar-refractivity contribution is 5.71. The predicted molar refractivity (Wildman–Crippen MR) is 101 cm³/mol. The molecule has 126 valence electrons. The van der Waals surface area contributed by atoms with Gasteiger partial charge in [-0.1, -0.05) is 42.5 Å². The highest BCUT2D eigenvalue weighted by atomic mass is 16.4. The standard InChI is InChI=1S/C22H16N2O2/c1-2-7-15(6-1)19-13-23-21(25-19)17-10-5-11-18(12-17)22-24-14-20(26-22)16-8-3-4-9-16/h1-6,8,10-14H,7,9H2. The maximum absolute atomic E-state index is 5.94. The lowest BCUT2D eigenvalue weighted by Gasteiger charge is -2.00. The molecule has 0 fully saturated rings. The fourth-order valence-electron chi connectivity index (χ4n) is 3.16. The molecule has 0 atom stereocenters. The monoisotopic (exact) mass is 340 g/mol. The van der Waals surface area contributed by atoms with Crippen LogP contribution in [0.15, 0.2) is 81.9 Å². The molecule has 0 N–H and O–H groups in total. The summed E-state index contributed by atoms with van der Waals surface area (Å²) in [6.45, 7) is 0. The lowest BCUT2D eigenvalue weighted by Crippen LogP contribution is -1.81. The van der Waals surface area contributed by atoms with Gasteiger partial charge in [-0.15, -0.1) is 0 Å². The maximum atomic E-state index is 5.94. The molecule has 2 aliphatic carbocycles. The van der Waals surface area contributed by atoms with Crippen LogP contribution in [0.4, 0.5) is 0 Å². The van der Waals surface area contributed by atoms with Crippen LogP contribution in [0.3, 0.4) is 0 Å². The minimum Gasteiger partial charge on any atom is -0.436 e. The molecule has 0 saturated heterocycles. The van der Waals surface area contributed by atoms with Gasteiger partial charge < -0.3 is 8.83 Å². The average Bonchev–Trinajstić information content (AvgIpc) is 3.49. The van der Waals surface area contributed by atoms with Crippen molar-refractivity contribution in [3.8, 4) is 22.9 Å². The van der Waals surface area contributed by atoms with Gasteiger partial charge in [-0.3, -0.25) is 0 Å². The second-order valence-corrected chi connectivity index (χ2v) is 6.29. The van der Waals surface area contributed by atoms with Crippen LogP contribution in [-0.4, -0.2) is 9.97 Å². The summed E-state index contributed by atoms with van der Waals surface area (Å²) in [5, 5.41) is 0. The van der Waals surface area contributed by atoms with E-state index in [0.717, 1.165) is 46.6 Å². The van der Waals surface area contributed by atoms with E-state index >= 15 is 0 Å². The zero-order valence-corrected chi connectivity index (χ0v) is 14.1. The number of oxazole rings is 2. The molecule has 4 nitrogen and oxygen atoms in total. The van der Waals surface area contributed by atoms with Crippen molar-refractivity contribution in [2.45, 2.75) is 12.8 Å². The molecule has 0 unspecified atom stereocenters. The molecular formula is C22H16N2O2. The smallest absolute Gasteiger partial charge is 0.226 e. The summed E-state index contributed by atoms with van der Waals surface area (Å²) in [4.78, 5) is 8.86. The minimum atomic E-state index is 0.601. The maximum Gasteiger partial charge on any atom is 0.226 e. The molecule has 0 amide bonds. The van der Waals surface area contributed by atoms with E-state index < -0.39 is 0 Å². The Labute approximate surface area is 150 Å². The van der Waals surface area contributed by atoms with Crippen LogP contribution in [0.1, 0.15) is 24.4 Å². The second-order valence-electron chi connectivity index (χ2n) is 6.29. The molecule has 0 spiro atoms. The van der Waals surface area contributed by atoms with Crippen LogP contribution in [0.5, 0.6) is 0 Å². The summed E-state index contributed by atoms with van der Waals surface area (Å²) < 4.78 is 11.9. The Bertz CT molecular complexity index is 1010. The lowest BCUT2D eigenvalue weighted by atomic mass is 10.1. The molecule has 4 heteroatoms. The fraction of sp³-hybridized carbons (Fsp3) is 0.0909. The summed E-state index contributed by atoms with van der Waals surface area (Å²) in [7, 11) is 0. The van der Waals surface area contributed by atoms with Crippen LogP contribution in [0.25, 0.3) is 34.1 Å². The summed E-state index contributed by atoms with van der Waals surface area (Å²) in [5.74, 6) is 2.83. The van der Waals surface area contributed by atoms with Crippen molar-refractivity contribution in [2.75, 3.05) is 0 Å². The van der Waals surface area contributed by atoms with E-state index in [4.69, 9.17) is 8.83 Å². The number of benzene rings is 1. The highest BCUT2D eigenvalue weighted by Crippen LogP contribution is 2.31. The van der Waals surface area contributed by atoms with Crippen LogP contribution in [0, 0.1) is 0 Å². The van der Waals surface area contributed by atoms with E-state index in [-0.39, 0.29) is 0 Å². The van der Waals surface area contributed by atoms with Gasteiger partial charge in [0.25, 0.3) is 0 Å². The van der Waals surface area contributed by atoms with Gasteiger partial charge in [0.05, 0.1) is 12.4 Å². The Morgan fingerprint density at radius 3 is 1.73 bits per heavy atom. The Morgan fingerprint density at radius 1 is 0.731 bits per heavy atom. The van der Waals surface area contributed by atoms with Crippen molar-refractivity contribution >= 4 is 11.1 Å². The predicted octanol–water partition coefficient (Wildman–Crippen LogP) is 5.68. The third-order valence-corrected chi connectivity index (χ3v) is 4.54. The first-order valence-corrected chi connectivity index (χ1v) is 8.61. The van der Waals surface area contributed by atoms with E-state index in [2.05, 4.69) is 34.3 Å². The highest BCUT2D eigenvalue weighted by Gasteiger charge is 2.14. The molecule has 0 aliphatic heterocycles. The van der Waals surface area contributed by atoms with Crippen LogP contribution < -0.4 is 0 Å². The van der Waals surface area contributed by atoms with E-state index in [1.54, 1.807) is 12.4 Å². The molecule has 0 radical (unpaired) electrons. The topological polar surface area (TPSA) is 52.1 Å². The molecule has 0 saturated carbocycles. The fourth-order valence-corrected chi connectivity index (χ4v) is 3.16. The summed E-state index contributed by atoms with van der Waals surface area (Å²) in [5.41, 5.74) is 4.11. The summed E-state index contributed by atoms with van der Waals surface area (Å²) in [6.07, 6.45) is 17.7. The Morgan fingerprint density at radius 2 is 1.27 bits per heavy atom. The molecule has 2 heterocycles. The van der Waals surface area contributed by atoms with Crippen molar-refractivity contribution < 1.29 is 8.83 Å². The van der Waals surface area contributed by atoms with Crippen LogP contribution in [0.2, 0.25) is 0 Å².